The molecule has 1 aliphatic rings. The number of nitrogens with zero attached hydrogens (tertiary/aromatic N) is 1. The number of pyridine rings is 1. The Balaban J connectivity index is 1.02. The monoisotopic (exact) mass is 696 g/mol. The highest BCUT2D eigenvalue weighted by molar-refractivity contribution is 7.89. The average Bonchev–Trinajstić information content (AvgIpc) is 3.12. The van der Waals surface area contributed by atoms with Crippen molar-refractivity contribution in [2.45, 2.75) is 48.6 Å². The number of rotatable bonds is 13. The highest BCUT2D eigenvalue weighted by Gasteiger charge is 2.39. The summed E-state index contributed by atoms with van der Waals surface area (Å²) in [6.07, 6.45) is 2.17. The lowest BCUT2D eigenvalue weighted by Gasteiger charge is -2.42. The molecule has 6 rings (SSSR count). The van der Waals surface area contributed by atoms with Crippen LogP contribution < -0.4 is 15.6 Å². The minimum Gasteiger partial charge on any atom is -0.508 e. The van der Waals surface area contributed by atoms with Crippen molar-refractivity contribution in [1.29, 1.82) is 0 Å². The van der Waals surface area contributed by atoms with Crippen molar-refractivity contribution < 1.29 is 23.7 Å². The number of piperidine rings is 1. The second-order valence-electron chi connectivity index (χ2n) is 13.2. The first-order valence-corrected chi connectivity index (χ1v) is 18.4. The van der Waals surface area contributed by atoms with Crippen molar-refractivity contribution >= 4 is 20.9 Å². The minimum absolute atomic E-state index is 0.0718. The molecule has 1 fully saturated rings. The number of fused-ring (bicyclic) bond motifs is 1. The smallest absolute Gasteiger partial charge is 0.248 e. The normalized spacial score (nSPS) is 15.6. The van der Waals surface area contributed by atoms with Crippen LogP contribution in [-0.2, 0) is 28.4 Å². The Morgan fingerprint density at radius 1 is 0.880 bits per heavy atom. The van der Waals surface area contributed by atoms with Gasteiger partial charge in [-0.05, 0) is 98.4 Å². The standard InChI is InChI=1S/C39H44N4O6S/c1-43-22-19-39(20-23-43,29-7-3-2-4-8-29)33-24-27(11-16-34(33)44)6-5-21-41-50(48,49)30-12-9-28(10-13-30)25-40-26-36(46)31-14-17-35(45)38-32(31)15-18-37(47)42-38/h2-4,7-18,24,36,40-41,44-46H,5-6,19-23,25-26H2,1H3,(H,42,47)/t36-/m0/s1. The first-order valence-electron chi connectivity index (χ1n) is 16.9. The number of hydrogen-bond donors (Lipinski definition) is 6. The molecule has 4 aromatic carbocycles. The maximum atomic E-state index is 13.1. The van der Waals surface area contributed by atoms with E-state index in [9.17, 15) is 28.5 Å². The number of H-pyrrole nitrogens is 1. The molecule has 0 aliphatic carbocycles. The fraction of sp³-hybridized carbons (Fsp3) is 0.308. The van der Waals surface area contributed by atoms with Gasteiger partial charge in [-0.25, -0.2) is 13.1 Å². The van der Waals surface area contributed by atoms with E-state index in [1.807, 2.05) is 24.3 Å². The lowest BCUT2D eigenvalue weighted by Crippen LogP contribution is -2.41. The van der Waals surface area contributed by atoms with Gasteiger partial charge in [0.2, 0.25) is 15.6 Å². The van der Waals surface area contributed by atoms with E-state index in [1.54, 1.807) is 42.5 Å². The molecule has 5 aromatic rings. The molecule has 0 saturated carbocycles. The van der Waals surface area contributed by atoms with E-state index in [4.69, 9.17) is 0 Å². The Labute approximate surface area is 292 Å². The molecule has 0 radical (unpaired) electrons. The maximum absolute atomic E-state index is 13.1. The average molecular weight is 697 g/mol. The summed E-state index contributed by atoms with van der Waals surface area (Å²) in [6, 6.07) is 28.8. The van der Waals surface area contributed by atoms with Gasteiger partial charge in [-0.15, -0.1) is 0 Å². The summed E-state index contributed by atoms with van der Waals surface area (Å²) in [5.41, 5.74) is 4.25. The number of aliphatic hydroxyl groups excluding tert-OH is 1. The van der Waals surface area contributed by atoms with Crippen molar-refractivity contribution in [2.24, 2.45) is 0 Å². The lowest BCUT2D eigenvalue weighted by molar-refractivity contribution is 0.176. The number of aromatic nitrogens is 1. The summed E-state index contributed by atoms with van der Waals surface area (Å²) >= 11 is 0. The van der Waals surface area contributed by atoms with Crippen LogP contribution in [0.4, 0.5) is 0 Å². The summed E-state index contributed by atoms with van der Waals surface area (Å²) in [5.74, 6) is 0.222. The zero-order chi connectivity index (χ0) is 35.3. The van der Waals surface area contributed by atoms with Crippen LogP contribution in [0.3, 0.4) is 0 Å². The number of aromatic amines is 1. The Bertz CT molecular complexity index is 2090. The van der Waals surface area contributed by atoms with E-state index in [0.717, 1.165) is 42.6 Å². The summed E-state index contributed by atoms with van der Waals surface area (Å²) in [6.45, 7) is 2.74. The molecule has 1 aromatic heterocycles. The number of aromatic hydroxyl groups is 2. The van der Waals surface area contributed by atoms with Crippen LogP contribution in [0.15, 0.2) is 107 Å². The van der Waals surface area contributed by atoms with Crippen LogP contribution >= 0.6 is 0 Å². The number of aryl methyl sites for hydroxylation is 1. The molecule has 11 heteroatoms. The van der Waals surface area contributed by atoms with Gasteiger partial charge < -0.3 is 30.5 Å². The molecule has 0 amide bonds. The lowest BCUT2D eigenvalue weighted by atomic mass is 9.67. The number of phenolic OH excluding ortho intramolecular Hbond substituents is 2. The Morgan fingerprint density at radius 3 is 2.32 bits per heavy atom. The van der Waals surface area contributed by atoms with E-state index >= 15 is 0 Å². The highest BCUT2D eigenvalue weighted by atomic mass is 32.2. The number of phenols is 2. The second kappa shape index (κ2) is 15.2. The number of likely N-dealkylation sites (tertiary alicyclic amines) is 1. The van der Waals surface area contributed by atoms with Crippen molar-refractivity contribution in [1.82, 2.24) is 19.9 Å². The van der Waals surface area contributed by atoms with Gasteiger partial charge in [0.15, 0.2) is 0 Å². The third kappa shape index (κ3) is 7.77. The van der Waals surface area contributed by atoms with Crippen molar-refractivity contribution in [3.63, 3.8) is 0 Å². The van der Waals surface area contributed by atoms with Gasteiger partial charge in [-0.2, -0.15) is 0 Å². The maximum Gasteiger partial charge on any atom is 0.248 e. The number of benzene rings is 4. The fourth-order valence-corrected chi connectivity index (χ4v) is 8.05. The molecular weight excluding hydrogens is 653 g/mol. The van der Waals surface area contributed by atoms with Crippen molar-refractivity contribution in [2.75, 3.05) is 33.2 Å². The Kier molecular flexibility index (Phi) is 10.7. The Hall–Kier alpha value is -4.52. The molecule has 262 valence electrons. The summed E-state index contributed by atoms with van der Waals surface area (Å²) in [4.78, 5) is 16.8. The second-order valence-corrected chi connectivity index (χ2v) is 14.9. The van der Waals surface area contributed by atoms with Gasteiger partial charge >= 0.3 is 0 Å². The van der Waals surface area contributed by atoms with E-state index in [0.29, 0.717) is 36.1 Å². The molecule has 0 spiro atoms. The third-order valence-corrected chi connectivity index (χ3v) is 11.3. The predicted molar refractivity (Wildman–Crippen MR) is 195 cm³/mol. The molecule has 1 saturated heterocycles. The van der Waals surface area contributed by atoms with E-state index in [-0.39, 0.29) is 40.2 Å². The molecule has 6 N–H and O–H groups in total. The van der Waals surface area contributed by atoms with Gasteiger partial charge in [0.1, 0.15) is 11.5 Å². The summed E-state index contributed by atoms with van der Waals surface area (Å²) < 4.78 is 28.8. The number of hydrogen-bond acceptors (Lipinski definition) is 8. The van der Waals surface area contributed by atoms with E-state index < -0.39 is 16.1 Å². The molecule has 10 nitrogen and oxygen atoms in total. The van der Waals surface area contributed by atoms with Crippen LogP contribution in [0.5, 0.6) is 11.5 Å². The Morgan fingerprint density at radius 2 is 1.58 bits per heavy atom. The van der Waals surface area contributed by atoms with Gasteiger partial charge in [-0.3, -0.25) is 4.79 Å². The zero-order valence-corrected chi connectivity index (χ0v) is 28.9. The summed E-state index contributed by atoms with van der Waals surface area (Å²) in [7, 11) is -1.59. The SMILES string of the molecule is CN1CCC(c2ccccc2)(c2cc(CCCNS(=O)(=O)c3ccc(CNC[C@H](O)c4ccc(O)c5[nH]c(=O)ccc45)cc3)ccc2O)CC1. The topological polar surface area (TPSA) is 155 Å². The largest absolute Gasteiger partial charge is 0.508 e. The van der Waals surface area contributed by atoms with Crippen LogP contribution in [0.2, 0.25) is 0 Å². The molecule has 1 atom stereocenters. The molecular formula is C39H44N4O6S. The van der Waals surface area contributed by atoms with Gasteiger partial charge in [0.05, 0.1) is 16.5 Å². The molecule has 50 heavy (non-hydrogen) atoms. The van der Waals surface area contributed by atoms with Crippen LogP contribution in [-0.4, -0.2) is 66.8 Å². The van der Waals surface area contributed by atoms with Crippen molar-refractivity contribution in [3.05, 3.63) is 135 Å². The number of aliphatic hydroxyl groups is 1. The van der Waals surface area contributed by atoms with E-state index in [2.05, 4.69) is 45.2 Å². The molecule has 0 bridgehead atoms. The first kappa shape index (κ1) is 35.3. The van der Waals surface area contributed by atoms with Gasteiger partial charge in [-0.1, -0.05) is 60.7 Å². The zero-order valence-electron chi connectivity index (χ0n) is 28.1. The fourth-order valence-electron chi connectivity index (χ4n) is 6.97. The minimum atomic E-state index is -3.71. The first-order chi connectivity index (χ1) is 24.1. The number of sulfonamides is 1. The van der Waals surface area contributed by atoms with Crippen LogP contribution in [0, 0.1) is 0 Å². The molecule has 2 heterocycles. The molecule has 0 unspecified atom stereocenters. The third-order valence-electron chi connectivity index (χ3n) is 9.84. The number of nitrogens with one attached hydrogen (secondary N) is 3. The van der Waals surface area contributed by atoms with E-state index in [1.165, 1.54) is 17.7 Å². The molecule has 1 aliphatic heterocycles. The summed E-state index contributed by atoms with van der Waals surface area (Å²) in [5, 5.41) is 35.7. The quantitative estimate of drug-likeness (QED) is 0.0970. The predicted octanol–water partition coefficient (Wildman–Crippen LogP) is 4.69. The van der Waals surface area contributed by atoms with Gasteiger partial charge in [0, 0.05) is 42.1 Å². The van der Waals surface area contributed by atoms with Crippen LogP contribution in [0.25, 0.3) is 10.9 Å². The van der Waals surface area contributed by atoms with Crippen LogP contribution in [0.1, 0.15) is 53.2 Å². The van der Waals surface area contributed by atoms with Gasteiger partial charge in [0.25, 0.3) is 0 Å². The highest BCUT2D eigenvalue weighted by Crippen LogP contribution is 2.45. The van der Waals surface area contributed by atoms with Crippen molar-refractivity contribution in [3.8, 4) is 11.5 Å².